The van der Waals surface area contributed by atoms with Gasteiger partial charge >= 0.3 is 5.97 Å². The quantitative estimate of drug-likeness (QED) is 0.776. The van der Waals surface area contributed by atoms with Crippen LogP contribution in [0.3, 0.4) is 0 Å². The Balaban J connectivity index is 1.80. The van der Waals surface area contributed by atoms with Crippen LogP contribution in [-0.2, 0) is 16.1 Å². The van der Waals surface area contributed by atoms with Crippen LogP contribution in [0.15, 0.2) is 28.7 Å². The van der Waals surface area contributed by atoms with Crippen LogP contribution in [-0.4, -0.2) is 30.1 Å². The molecule has 1 aliphatic heterocycles. The largest absolute Gasteiger partial charge is 0.468 e. The number of carbonyl (C=O) groups excluding carboxylic acids is 1. The predicted molar refractivity (Wildman–Crippen MR) is 85.9 cm³/mol. The highest BCUT2D eigenvalue weighted by atomic mass is 79.9. The molecule has 1 aromatic carbocycles. The summed E-state index contributed by atoms with van der Waals surface area (Å²) in [5, 5.41) is 0. The molecule has 2 aliphatic rings. The minimum absolute atomic E-state index is 0.0632. The van der Waals surface area contributed by atoms with E-state index in [1.54, 1.807) is 0 Å². The summed E-state index contributed by atoms with van der Waals surface area (Å²) in [6.07, 6.45) is 6.03. The molecule has 0 aromatic heterocycles. The van der Waals surface area contributed by atoms with E-state index >= 15 is 0 Å². The van der Waals surface area contributed by atoms with Gasteiger partial charge in [-0.05, 0) is 42.9 Å². The molecule has 0 N–H and O–H groups in total. The number of nitrogens with zero attached hydrogens (tertiary/aromatic N) is 1. The van der Waals surface area contributed by atoms with Crippen LogP contribution in [0, 0.1) is 5.92 Å². The molecule has 2 fully saturated rings. The van der Waals surface area contributed by atoms with Crippen molar-refractivity contribution < 1.29 is 9.53 Å². The molecule has 3 nitrogen and oxygen atoms in total. The highest BCUT2D eigenvalue weighted by Gasteiger charge is 2.45. The van der Waals surface area contributed by atoms with Gasteiger partial charge in [0.15, 0.2) is 0 Å². The topological polar surface area (TPSA) is 29.5 Å². The Hall–Kier alpha value is -0.870. The first-order valence-electron chi connectivity index (χ1n) is 7.77. The molecule has 1 saturated carbocycles. The number of ether oxygens (including phenoxy) is 1. The molecule has 21 heavy (non-hydrogen) atoms. The average Bonchev–Trinajstić information content (AvgIpc) is 2.88. The Morgan fingerprint density at radius 3 is 2.71 bits per heavy atom. The zero-order chi connectivity index (χ0) is 14.8. The normalized spacial score (nSPS) is 29.1. The summed E-state index contributed by atoms with van der Waals surface area (Å²) in [4.78, 5) is 14.5. The van der Waals surface area contributed by atoms with E-state index in [2.05, 4.69) is 45.1 Å². The summed E-state index contributed by atoms with van der Waals surface area (Å²) in [7, 11) is 1.50. The van der Waals surface area contributed by atoms with E-state index in [1.165, 1.54) is 38.4 Å². The highest BCUT2D eigenvalue weighted by Crippen LogP contribution is 2.40. The summed E-state index contributed by atoms with van der Waals surface area (Å²) in [5.74, 6) is 0.597. The molecule has 1 aliphatic carbocycles. The maximum atomic E-state index is 12.1. The molecule has 4 heteroatoms. The fourth-order valence-corrected chi connectivity index (χ4v) is 4.21. The minimum Gasteiger partial charge on any atom is -0.468 e. The van der Waals surface area contributed by atoms with Gasteiger partial charge in [-0.15, -0.1) is 0 Å². The second kappa shape index (κ2) is 6.49. The van der Waals surface area contributed by atoms with E-state index in [0.29, 0.717) is 12.0 Å². The number of methoxy groups -OCH3 is 1. The molecule has 1 aromatic rings. The van der Waals surface area contributed by atoms with Gasteiger partial charge in [-0.3, -0.25) is 9.69 Å². The first-order chi connectivity index (χ1) is 10.2. The van der Waals surface area contributed by atoms with Crippen molar-refractivity contribution in [1.82, 2.24) is 4.90 Å². The second-order valence-corrected chi connectivity index (χ2v) is 7.10. The molecule has 0 spiro atoms. The van der Waals surface area contributed by atoms with Gasteiger partial charge < -0.3 is 4.74 Å². The number of rotatable bonds is 3. The van der Waals surface area contributed by atoms with E-state index in [9.17, 15) is 4.79 Å². The number of hydrogen-bond donors (Lipinski definition) is 0. The van der Waals surface area contributed by atoms with Gasteiger partial charge in [0.2, 0.25) is 0 Å². The van der Waals surface area contributed by atoms with E-state index < -0.39 is 0 Å². The summed E-state index contributed by atoms with van der Waals surface area (Å²) >= 11 is 3.47. The maximum Gasteiger partial charge on any atom is 0.323 e. The standard InChI is InChI=1S/C17H22BrNO2/c1-21-17(20)16-10-13-4-2-3-5-15(13)19(16)11-12-6-8-14(18)9-7-12/h6-9,13,15-16H,2-5,10-11H2,1H3. The van der Waals surface area contributed by atoms with Crippen molar-refractivity contribution in [2.45, 2.75) is 50.7 Å². The zero-order valence-corrected chi connectivity index (χ0v) is 14.0. The van der Waals surface area contributed by atoms with Gasteiger partial charge in [0.05, 0.1) is 7.11 Å². The molecule has 3 unspecified atom stereocenters. The van der Waals surface area contributed by atoms with Crippen molar-refractivity contribution in [3.63, 3.8) is 0 Å². The van der Waals surface area contributed by atoms with Gasteiger partial charge in [-0.25, -0.2) is 0 Å². The maximum absolute atomic E-state index is 12.1. The lowest BCUT2D eigenvalue weighted by atomic mass is 9.84. The van der Waals surface area contributed by atoms with Crippen LogP contribution in [0.1, 0.15) is 37.7 Å². The van der Waals surface area contributed by atoms with Gasteiger partial charge in [0.25, 0.3) is 0 Å². The van der Waals surface area contributed by atoms with Crippen molar-refractivity contribution in [2.24, 2.45) is 5.92 Å². The third-order valence-corrected chi connectivity index (χ3v) is 5.50. The fourth-order valence-electron chi connectivity index (χ4n) is 3.95. The lowest BCUT2D eigenvalue weighted by Crippen LogP contribution is -2.42. The number of fused-ring (bicyclic) bond motifs is 1. The van der Waals surface area contributed by atoms with Crippen LogP contribution in [0.25, 0.3) is 0 Å². The van der Waals surface area contributed by atoms with Gasteiger partial charge in [0.1, 0.15) is 6.04 Å². The van der Waals surface area contributed by atoms with Crippen LogP contribution >= 0.6 is 15.9 Å². The van der Waals surface area contributed by atoms with E-state index in [4.69, 9.17) is 4.74 Å². The monoisotopic (exact) mass is 351 g/mol. The molecule has 0 bridgehead atoms. The van der Waals surface area contributed by atoms with E-state index in [1.807, 2.05) is 0 Å². The zero-order valence-electron chi connectivity index (χ0n) is 12.4. The predicted octanol–water partition coefficient (Wildman–Crippen LogP) is 3.76. The Kier molecular flexibility index (Phi) is 4.65. The summed E-state index contributed by atoms with van der Waals surface area (Å²) in [6.45, 7) is 0.841. The molecule has 114 valence electrons. The van der Waals surface area contributed by atoms with Crippen LogP contribution in [0.2, 0.25) is 0 Å². The number of benzene rings is 1. The molecule has 3 rings (SSSR count). The average molecular weight is 352 g/mol. The molecule has 0 amide bonds. The summed E-state index contributed by atoms with van der Waals surface area (Å²) < 4.78 is 6.13. The van der Waals surface area contributed by atoms with Crippen molar-refractivity contribution in [1.29, 1.82) is 0 Å². The van der Waals surface area contributed by atoms with E-state index in [0.717, 1.165) is 17.4 Å². The first kappa shape index (κ1) is 15.0. The Morgan fingerprint density at radius 1 is 1.29 bits per heavy atom. The summed E-state index contributed by atoms with van der Waals surface area (Å²) in [5.41, 5.74) is 1.26. The lowest BCUT2D eigenvalue weighted by molar-refractivity contribution is -0.146. The molecular weight excluding hydrogens is 330 g/mol. The smallest absolute Gasteiger partial charge is 0.323 e. The number of esters is 1. The third-order valence-electron chi connectivity index (χ3n) is 4.97. The Labute approximate surface area is 134 Å². The van der Waals surface area contributed by atoms with Crippen LogP contribution < -0.4 is 0 Å². The van der Waals surface area contributed by atoms with Gasteiger partial charge in [-0.2, -0.15) is 0 Å². The number of halogens is 1. The van der Waals surface area contributed by atoms with Crippen molar-refractivity contribution >= 4 is 21.9 Å². The van der Waals surface area contributed by atoms with E-state index in [-0.39, 0.29) is 12.0 Å². The fraction of sp³-hybridized carbons (Fsp3) is 0.588. The van der Waals surface area contributed by atoms with Gasteiger partial charge in [0, 0.05) is 17.1 Å². The van der Waals surface area contributed by atoms with Crippen molar-refractivity contribution in [2.75, 3.05) is 7.11 Å². The van der Waals surface area contributed by atoms with Crippen molar-refractivity contribution in [3.8, 4) is 0 Å². The number of carbonyl (C=O) groups is 1. The number of hydrogen-bond acceptors (Lipinski definition) is 3. The lowest BCUT2D eigenvalue weighted by Gasteiger charge is -2.33. The van der Waals surface area contributed by atoms with Crippen molar-refractivity contribution in [3.05, 3.63) is 34.3 Å². The third kappa shape index (κ3) is 3.16. The Morgan fingerprint density at radius 2 is 2.00 bits per heavy atom. The molecular formula is C17H22BrNO2. The molecule has 0 radical (unpaired) electrons. The van der Waals surface area contributed by atoms with Crippen LogP contribution in [0.5, 0.6) is 0 Å². The molecule has 1 saturated heterocycles. The molecule has 3 atom stereocenters. The van der Waals surface area contributed by atoms with Crippen LogP contribution in [0.4, 0.5) is 0 Å². The number of likely N-dealkylation sites (tertiary alicyclic amines) is 1. The first-order valence-corrected chi connectivity index (χ1v) is 8.56. The second-order valence-electron chi connectivity index (χ2n) is 6.19. The molecule has 1 heterocycles. The minimum atomic E-state index is -0.0680. The van der Waals surface area contributed by atoms with Gasteiger partial charge in [-0.1, -0.05) is 40.9 Å². The SMILES string of the molecule is COC(=O)C1CC2CCCCC2N1Cc1ccc(Br)cc1. The Bertz CT molecular complexity index is 502. The summed E-state index contributed by atoms with van der Waals surface area (Å²) in [6, 6.07) is 8.88. The highest BCUT2D eigenvalue weighted by molar-refractivity contribution is 9.10.